The van der Waals surface area contributed by atoms with E-state index in [0.717, 1.165) is 12.8 Å². The molecule has 0 aliphatic carbocycles. The predicted molar refractivity (Wildman–Crippen MR) is 43.6 cm³/mol. The molecule has 1 N–H and O–H groups in total. The standard InChI is InChI=1S/C9H17NO2/c1-7-4-3-5-8(2)10(7)6-9(11)12/h7-8H,3-6H2,1-2H3,(H,11,12)/t7-,8-/m1/s1. The SMILES string of the molecule is C[C@@H]1CCC[C@@H](C)[NH+]1CC(=O)[O-]. The summed E-state index contributed by atoms with van der Waals surface area (Å²) < 4.78 is 0. The lowest BCUT2D eigenvalue weighted by Gasteiger charge is -2.35. The van der Waals surface area contributed by atoms with E-state index in [1.807, 2.05) is 0 Å². The van der Waals surface area contributed by atoms with Gasteiger partial charge in [-0.05, 0) is 33.1 Å². The molecule has 0 radical (unpaired) electrons. The second-order valence-corrected chi connectivity index (χ2v) is 3.86. The van der Waals surface area contributed by atoms with Gasteiger partial charge in [0.1, 0.15) is 6.54 Å². The largest absolute Gasteiger partial charge is 0.544 e. The zero-order valence-corrected chi connectivity index (χ0v) is 7.80. The first-order valence-electron chi connectivity index (χ1n) is 4.66. The number of hydrogen-bond donors (Lipinski definition) is 1. The number of nitrogens with one attached hydrogen (secondary N) is 1. The summed E-state index contributed by atoms with van der Waals surface area (Å²) in [5.74, 6) is -0.925. The molecule has 0 aromatic heterocycles. The Morgan fingerprint density at radius 2 is 1.92 bits per heavy atom. The van der Waals surface area contributed by atoms with Gasteiger partial charge >= 0.3 is 0 Å². The Hall–Kier alpha value is -0.570. The van der Waals surface area contributed by atoms with Crippen molar-refractivity contribution in [2.75, 3.05) is 6.54 Å². The minimum Gasteiger partial charge on any atom is -0.544 e. The number of likely N-dealkylation sites (tertiary alicyclic amines) is 1. The van der Waals surface area contributed by atoms with Crippen molar-refractivity contribution in [3.05, 3.63) is 0 Å². The lowest BCUT2D eigenvalue weighted by molar-refractivity contribution is -0.946. The van der Waals surface area contributed by atoms with Crippen molar-refractivity contribution in [3.8, 4) is 0 Å². The zero-order valence-electron chi connectivity index (χ0n) is 7.80. The van der Waals surface area contributed by atoms with Gasteiger partial charge in [0.25, 0.3) is 0 Å². The zero-order chi connectivity index (χ0) is 9.14. The Morgan fingerprint density at radius 1 is 1.42 bits per heavy atom. The van der Waals surface area contributed by atoms with E-state index in [9.17, 15) is 9.90 Å². The molecule has 0 aromatic rings. The van der Waals surface area contributed by atoms with Crippen LogP contribution in [0.4, 0.5) is 0 Å². The number of quaternary nitrogens is 1. The molecule has 0 unspecified atom stereocenters. The molecule has 1 aliphatic heterocycles. The Labute approximate surface area is 73.4 Å². The van der Waals surface area contributed by atoms with Gasteiger partial charge in [0.15, 0.2) is 0 Å². The first kappa shape index (κ1) is 9.52. The molecule has 0 spiro atoms. The topological polar surface area (TPSA) is 44.6 Å². The smallest absolute Gasteiger partial charge is 0.118 e. The fourth-order valence-electron chi connectivity index (χ4n) is 2.10. The molecule has 1 heterocycles. The Morgan fingerprint density at radius 3 is 2.33 bits per heavy atom. The molecular formula is C9H17NO2. The normalized spacial score (nSPS) is 31.8. The van der Waals surface area contributed by atoms with Crippen LogP contribution >= 0.6 is 0 Å². The van der Waals surface area contributed by atoms with Gasteiger partial charge in [0, 0.05) is 0 Å². The van der Waals surface area contributed by atoms with Crippen LogP contribution in [0.1, 0.15) is 33.1 Å². The number of carbonyl (C=O) groups is 1. The van der Waals surface area contributed by atoms with Crippen LogP contribution in [0.15, 0.2) is 0 Å². The van der Waals surface area contributed by atoms with Crippen molar-refractivity contribution in [1.82, 2.24) is 0 Å². The summed E-state index contributed by atoms with van der Waals surface area (Å²) in [5.41, 5.74) is 0. The van der Waals surface area contributed by atoms with E-state index >= 15 is 0 Å². The molecule has 1 aliphatic rings. The fraction of sp³-hybridized carbons (Fsp3) is 0.889. The second-order valence-electron chi connectivity index (χ2n) is 3.86. The quantitative estimate of drug-likeness (QED) is 0.554. The summed E-state index contributed by atoms with van der Waals surface area (Å²) >= 11 is 0. The third-order valence-electron chi connectivity index (χ3n) is 2.89. The van der Waals surface area contributed by atoms with Crippen LogP contribution in [-0.2, 0) is 4.79 Å². The molecule has 3 heteroatoms. The summed E-state index contributed by atoms with van der Waals surface area (Å²) in [6.45, 7) is 4.41. The fourth-order valence-corrected chi connectivity index (χ4v) is 2.10. The van der Waals surface area contributed by atoms with Crippen molar-refractivity contribution < 1.29 is 14.8 Å². The van der Waals surface area contributed by atoms with E-state index in [2.05, 4.69) is 13.8 Å². The molecule has 3 nitrogen and oxygen atoms in total. The molecule has 1 rings (SSSR count). The molecule has 1 fully saturated rings. The van der Waals surface area contributed by atoms with Gasteiger partial charge in [-0.15, -0.1) is 0 Å². The van der Waals surface area contributed by atoms with Crippen LogP contribution in [-0.4, -0.2) is 24.6 Å². The van der Waals surface area contributed by atoms with E-state index in [4.69, 9.17) is 0 Å². The maximum absolute atomic E-state index is 10.4. The van der Waals surface area contributed by atoms with Crippen molar-refractivity contribution in [1.29, 1.82) is 0 Å². The van der Waals surface area contributed by atoms with E-state index in [1.54, 1.807) is 0 Å². The van der Waals surface area contributed by atoms with Gasteiger partial charge < -0.3 is 14.8 Å². The van der Waals surface area contributed by atoms with Gasteiger partial charge in [-0.3, -0.25) is 0 Å². The van der Waals surface area contributed by atoms with Crippen LogP contribution in [0.3, 0.4) is 0 Å². The highest BCUT2D eigenvalue weighted by molar-refractivity contribution is 5.65. The monoisotopic (exact) mass is 171 g/mol. The van der Waals surface area contributed by atoms with E-state index < -0.39 is 5.97 Å². The number of rotatable bonds is 2. The molecule has 12 heavy (non-hydrogen) atoms. The summed E-state index contributed by atoms with van der Waals surface area (Å²) in [4.78, 5) is 11.6. The number of aliphatic carboxylic acids is 1. The molecule has 70 valence electrons. The minimum absolute atomic E-state index is 0.169. The van der Waals surface area contributed by atoms with E-state index in [0.29, 0.717) is 12.1 Å². The number of carboxylic acid groups (broad SMARTS) is 1. The van der Waals surface area contributed by atoms with E-state index in [-0.39, 0.29) is 6.54 Å². The van der Waals surface area contributed by atoms with Crippen LogP contribution in [0.25, 0.3) is 0 Å². The summed E-state index contributed by atoms with van der Waals surface area (Å²) in [5, 5.41) is 10.4. The number of carboxylic acids is 1. The summed E-state index contributed by atoms with van der Waals surface area (Å²) in [6.07, 6.45) is 3.53. The maximum atomic E-state index is 10.4. The summed E-state index contributed by atoms with van der Waals surface area (Å²) in [7, 11) is 0. The molecule has 0 bridgehead atoms. The third-order valence-corrected chi connectivity index (χ3v) is 2.89. The molecule has 2 atom stereocenters. The predicted octanol–water partition coefficient (Wildman–Crippen LogP) is -1.42. The van der Waals surface area contributed by atoms with Crippen molar-refractivity contribution >= 4 is 5.97 Å². The minimum atomic E-state index is -0.925. The van der Waals surface area contributed by atoms with Crippen molar-refractivity contribution in [2.24, 2.45) is 0 Å². The number of carbonyl (C=O) groups excluding carboxylic acids is 1. The Balaban J connectivity index is 2.50. The third kappa shape index (κ3) is 2.21. The second kappa shape index (κ2) is 3.90. The number of piperidine rings is 1. The van der Waals surface area contributed by atoms with Gasteiger partial charge in [0.2, 0.25) is 0 Å². The van der Waals surface area contributed by atoms with Gasteiger partial charge in [-0.25, -0.2) is 0 Å². The average Bonchev–Trinajstić information content (AvgIpc) is 1.97. The summed E-state index contributed by atoms with van der Waals surface area (Å²) in [6, 6.07) is 0.957. The van der Waals surface area contributed by atoms with Crippen LogP contribution in [0, 0.1) is 0 Å². The highest BCUT2D eigenvalue weighted by Gasteiger charge is 2.27. The van der Waals surface area contributed by atoms with Gasteiger partial charge in [-0.2, -0.15) is 0 Å². The Kier molecular flexibility index (Phi) is 3.09. The van der Waals surface area contributed by atoms with E-state index in [1.165, 1.54) is 11.3 Å². The van der Waals surface area contributed by atoms with Gasteiger partial charge in [-0.1, -0.05) is 0 Å². The highest BCUT2D eigenvalue weighted by atomic mass is 16.4. The highest BCUT2D eigenvalue weighted by Crippen LogP contribution is 2.06. The van der Waals surface area contributed by atoms with Crippen LogP contribution in [0.2, 0.25) is 0 Å². The molecular weight excluding hydrogens is 154 g/mol. The van der Waals surface area contributed by atoms with Crippen molar-refractivity contribution in [2.45, 2.75) is 45.2 Å². The molecule has 0 aromatic carbocycles. The molecule has 0 saturated carbocycles. The average molecular weight is 171 g/mol. The lowest BCUT2D eigenvalue weighted by Crippen LogP contribution is -3.20. The first-order chi connectivity index (χ1) is 5.61. The van der Waals surface area contributed by atoms with Gasteiger partial charge in [0.05, 0.1) is 18.1 Å². The first-order valence-corrected chi connectivity index (χ1v) is 4.66. The van der Waals surface area contributed by atoms with Crippen molar-refractivity contribution in [3.63, 3.8) is 0 Å². The van der Waals surface area contributed by atoms with Crippen LogP contribution < -0.4 is 10.0 Å². The Bertz CT molecular complexity index is 160. The molecule has 1 saturated heterocycles. The number of hydrogen-bond acceptors (Lipinski definition) is 2. The lowest BCUT2D eigenvalue weighted by atomic mass is 9.98. The maximum Gasteiger partial charge on any atom is 0.118 e. The molecule has 0 amide bonds. The van der Waals surface area contributed by atoms with Crippen LogP contribution in [0.5, 0.6) is 0 Å².